The van der Waals surface area contributed by atoms with E-state index in [2.05, 4.69) is 27.1 Å². The van der Waals surface area contributed by atoms with Gasteiger partial charge in [0.15, 0.2) is 16.6 Å². The number of hydrogen-bond donors (Lipinski definition) is 2. The Morgan fingerprint density at radius 3 is 2.74 bits per heavy atom. The summed E-state index contributed by atoms with van der Waals surface area (Å²) in [6.45, 7) is 3.83. The van der Waals surface area contributed by atoms with Crippen molar-refractivity contribution in [3.63, 3.8) is 0 Å². The number of methoxy groups -OCH3 is 2. The highest BCUT2D eigenvalue weighted by molar-refractivity contribution is 7.80. The molecule has 0 saturated carbocycles. The van der Waals surface area contributed by atoms with Crippen molar-refractivity contribution in [3.05, 3.63) is 36.9 Å². The zero-order valence-corrected chi connectivity index (χ0v) is 14.4. The van der Waals surface area contributed by atoms with E-state index in [9.17, 15) is 0 Å². The lowest BCUT2D eigenvalue weighted by Gasteiger charge is -2.16. The van der Waals surface area contributed by atoms with Crippen LogP contribution in [0.15, 0.2) is 36.9 Å². The summed E-state index contributed by atoms with van der Waals surface area (Å²) in [6, 6.07) is 5.58. The van der Waals surface area contributed by atoms with Crippen molar-refractivity contribution in [2.45, 2.75) is 13.5 Å². The molecule has 6 nitrogen and oxygen atoms in total. The van der Waals surface area contributed by atoms with Crippen LogP contribution in [-0.2, 0) is 6.54 Å². The Bertz CT molecular complexity index is 631. The standard InChI is InChI=1S/C16H22N4O2S/c1-12(10-20-7-6-17-11-20)9-18-16(23)19-13-4-5-14(21-2)15(8-13)22-3/h4-8,11-12H,9-10H2,1-3H3,(H2,18,19,23)/t12-/m0/s1. The molecule has 0 saturated heterocycles. The summed E-state index contributed by atoms with van der Waals surface area (Å²) in [5.74, 6) is 1.77. The van der Waals surface area contributed by atoms with Crippen molar-refractivity contribution in [1.82, 2.24) is 14.9 Å². The average Bonchev–Trinajstić information content (AvgIpc) is 3.05. The van der Waals surface area contributed by atoms with Gasteiger partial charge in [0.25, 0.3) is 0 Å². The van der Waals surface area contributed by atoms with Crippen LogP contribution in [0.3, 0.4) is 0 Å². The third-order valence-corrected chi connectivity index (χ3v) is 3.58. The van der Waals surface area contributed by atoms with E-state index in [1.807, 2.05) is 30.7 Å². The van der Waals surface area contributed by atoms with E-state index in [1.165, 1.54) is 0 Å². The van der Waals surface area contributed by atoms with Gasteiger partial charge >= 0.3 is 0 Å². The van der Waals surface area contributed by atoms with Gasteiger partial charge in [-0.3, -0.25) is 0 Å². The van der Waals surface area contributed by atoms with Gasteiger partial charge < -0.3 is 24.7 Å². The molecule has 0 amide bonds. The number of nitrogens with zero attached hydrogens (tertiary/aromatic N) is 2. The molecular formula is C16H22N4O2S. The van der Waals surface area contributed by atoms with E-state index in [0.29, 0.717) is 22.5 Å². The van der Waals surface area contributed by atoms with Crippen molar-refractivity contribution in [2.24, 2.45) is 5.92 Å². The number of rotatable bonds is 7. The van der Waals surface area contributed by atoms with Crippen molar-refractivity contribution in [2.75, 3.05) is 26.1 Å². The molecule has 23 heavy (non-hydrogen) atoms. The topological polar surface area (TPSA) is 60.3 Å². The Balaban J connectivity index is 1.82. The predicted octanol–water partition coefficient (Wildman–Crippen LogP) is 2.52. The van der Waals surface area contributed by atoms with Gasteiger partial charge in [-0.2, -0.15) is 0 Å². The number of aromatic nitrogens is 2. The van der Waals surface area contributed by atoms with Crippen molar-refractivity contribution >= 4 is 23.0 Å². The fraction of sp³-hybridized carbons (Fsp3) is 0.375. The lowest BCUT2D eigenvalue weighted by atomic mass is 10.2. The Labute approximate surface area is 141 Å². The average molecular weight is 334 g/mol. The number of thiocarbonyl (C=S) groups is 1. The normalized spacial score (nSPS) is 11.6. The van der Waals surface area contributed by atoms with Gasteiger partial charge in [-0.25, -0.2) is 4.98 Å². The minimum Gasteiger partial charge on any atom is -0.493 e. The third-order valence-electron chi connectivity index (χ3n) is 3.33. The molecule has 0 radical (unpaired) electrons. The summed E-state index contributed by atoms with van der Waals surface area (Å²) in [5, 5.41) is 6.95. The predicted molar refractivity (Wildman–Crippen MR) is 95.2 cm³/mol. The van der Waals surface area contributed by atoms with Crippen molar-refractivity contribution in [1.29, 1.82) is 0 Å². The lowest BCUT2D eigenvalue weighted by molar-refractivity contribution is 0.355. The minimum atomic E-state index is 0.425. The van der Waals surface area contributed by atoms with E-state index < -0.39 is 0 Å². The smallest absolute Gasteiger partial charge is 0.170 e. The maximum absolute atomic E-state index is 5.33. The first kappa shape index (κ1) is 17.1. The van der Waals surface area contributed by atoms with Crippen molar-refractivity contribution in [3.8, 4) is 11.5 Å². The third kappa shape index (κ3) is 5.14. The molecule has 1 atom stereocenters. The molecular weight excluding hydrogens is 312 g/mol. The number of ether oxygens (including phenoxy) is 2. The largest absolute Gasteiger partial charge is 0.493 e. The van der Waals surface area contributed by atoms with Gasteiger partial charge in [0, 0.05) is 37.2 Å². The molecule has 0 spiro atoms. The van der Waals surface area contributed by atoms with Crippen LogP contribution >= 0.6 is 12.2 Å². The highest BCUT2D eigenvalue weighted by Gasteiger charge is 2.07. The molecule has 0 aliphatic carbocycles. The van der Waals surface area contributed by atoms with Gasteiger partial charge in [-0.1, -0.05) is 6.92 Å². The summed E-state index contributed by atoms with van der Waals surface area (Å²) in [7, 11) is 3.22. The Kier molecular flexibility index (Phi) is 6.22. The van der Waals surface area contributed by atoms with Gasteiger partial charge in [0.1, 0.15) is 0 Å². The molecule has 124 valence electrons. The van der Waals surface area contributed by atoms with Crippen LogP contribution in [0.25, 0.3) is 0 Å². The molecule has 2 aromatic rings. The first-order valence-corrected chi connectivity index (χ1v) is 7.75. The molecule has 1 aromatic carbocycles. The first-order valence-electron chi connectivity index (χ1n) is 7.35. The van der Waals surface area contributed by atoms with E-state index >= 15 is 0 Å². The second kappa shape index (κ2) is 8.38. The molecule has 1 heterocycles. The molecule has 1 aromatic heterocycles. The van der Waals surface area contributed by atoms with Crippen LogP contribution < -0.4 is 20.1 Å². The van der Waals surface area contributed by atoms with E-state index in [0.717, 1.165) is 18.8 Å². The molecule has 0 fully saturated rings. The second-order valence-corrected chi connectivity index (χ2v) is 5.68. The van der Waals surface area contributed by atoms with E-state index in [4.69, 9.17) is 21.7 Å². The molecule has 0 bridgehead atoms. The SMILES string of the molecule is COc1ccc(NC(=S)NC[C@H](C)Cn2ccnc2)cc1OC. The zero-order valence-electron chi connectivity index (χ0n) is 13.6. The highest BCUT2D eigenvalue weighted by atomic mass is 32.1. The van der Waals surface area contributed by atoms with Gasteiger partial charge in [0.05, 0.1) is 20.5 Å². The van der Waals surface area contributed by atoms with Crippen LogP contribution in [0.5, 0.6) is 11.5 Å². The molecule has 0 aliphatic heterocycles. The fourth-order valence-corrected chi connectivity index (χ4v) is 2.38. The van der Waals surface area contributed by atoms with E-state index in [-0.39, 0.29) is 0 Å². The van der Waals surface area contributed by atoms with Crippen LogP contribution in [0.2, 0.25) is 0 Å². The van der Waals surface area contributed by atoms with Gasteiger partial charge in [-0.15, -0.1) is 0 Å². The number of hydrogen-bond acceptors (Lipinski definition) is 4. The quantitative estimate of drug-likeness (QED) is 0.759. The van der Waals surface area contributed by atoms with Crippen molar-refractivity contribution < 1.29 is 9.47 Å². The molecule has 7 heteroatoms. The fourth-order valence-electron chi connectivity index (χ4n) is 2.18. The second-order valence-electron chi connectivity index (χ2n) is 5.27. The maximum Gasteiger partial charge on any atom is 0.170 e. The minimum absolute atomic E-state index is 0.425. The van der Waals surface area contributed by atoms with Crippen LogP contribution in [-0.4, -0.2) is 35.4 Å². The van der Waals surface area contributed by atoms with E-state index in [1.54, 1.807) is 20.4 Å². The van der Waals surface area contributed by atoms with Crippen LogP contribution in [0.1, 0.15) is 6.92 Å². The summed E-state index contributed by atoms with van der Waals surface area (Å²) < 4.78 is 12.5. The Hall–Kier alpha value is -2.28. The molecule has 2 rings (SSSR count). The number of nitrogens with one attached hydrogen (secondary N) is 2. The lowest BCUT2D eigenvalue weighted by Crippen LogP contribution is -2.33. The summed E-state index contributed by atoms with van der Waals surface area (Å²) >= 11 is 5.33. The first-order chi connectivity index (χ1) is 11.1. The van der Waals surface area contributed by atoms with Gasteiger partial charge in [-0.05, 0) is 30.3 Å². The Morgan fingerprint density at radius 2 is 2.09 bits per heavy atom. The number of benzene rings is 1. The number of imidazole rings is 1. The monoisotopic (exact) mass is 334 g/mol. The number of anilines is 1. The molecule has 0 aliphatic rings. The molecule has 0 unspecified atom stereocenters. The molecule has 2 N–H and O–H groups in total. The van der Waals surface area contributed by atoms with Crippen LogP contribution in [0.4, 0.5) is 5.69 Å². The zero-order chi connectivity index (χ0) is 16.7. The highest BCUT2D eigenvalue weighted by Crippen LogP contribution is 2.29. The summed E-state index contributed by atoms with van der Waals surface area (Å²) in [6.07, 6.45) is 5.55. The van der Waals surface area contributed by atoms with Crippen LogP contribution in [0, 0.1) is 5.92 Å². The summed E-state index contributed by atoms with van der Waals surface area (Å²) in [5.41, 5.74) is 0.849. The Morgan fingerprint density at radius 1 is 1.30 bits per heavy atom. The summed E-state index contributed by atoms with van der Waals surface area (Å²) in [4.78, 5) is 4.04. The maximum atomic E-state index is 5.33. The van der Waals surface area contributed by atoms with Gasteiger partial charge in [0.2, 0.25) is 0 Å².